The molecule has 1 aliphatic rings. The van der Waals surface area contributed by atoms with Crippen LogP contribution in [0.25, 0.3) is 0 Å². The van der Waals surface area contributed by atoms with E-state index in [1.807, 2.05) is 60.7 Å². The summed E-state index contributed by atoms with van der Waals surface area (Å²) in [6.07, 6.45) is 3.81. The zero-order valence-corrected chi connectivity index (χ0v) is 16.0. The van der Waals surface area contributed by atoms with Crippen LogP contribution in [-0.4, -0.2) is 30.1 Å². The van der Waals surface area contributed by atoms with Crippen molar-refractivity contribution < 1.29 is 14.3 Å². The lowest BCUT2D eigenvalue weighted by Gasteiger charge is -2.11. The molecule has 0 radical (unpaired) electrons. The second-order valence-electron chi connectivity index (χ2n) is 6.84. The predicted molar refractivity (Wildman–Crippen MR) is 112 cm³/mol. The zero-order valence-electron chi connectivity index (χ0n) is 16.0. The van der Waals surface area contributed by atoms with E-state index in [2.05, 4.69) is 15.6 Å². The molecule has 1 unspecified atom stereocenters. The first-order chi connectivity index (χ1) is 14.3. The van der Waals surface area contributed by atoms with E-state index in [0.29, 0.717) is 12.2 Å². The number of carbonyl (C=O) groups is 1. The average Bonchev–Trinajstić information content (AvgIpc) is 3.28. The van der Waals surface area contributed by atoms with Crippen LogP contribution in [-0.2, 0) is 4.74 Å². The van der Waals surface area contributed by atoms with Crippen molar-refractivity contribution in [1.82, 2.24) is 10.3 Å². The minimum Gasteiger partial charge on any atom is -0.457 e. The van der Waals surface area contributed by atoms with Crippen molar-refractivity contribution in [3.63, 3.8) is 0 Å². The molecule has 29 heavy (non-hydrogen) atoms. The normalized spacial score (nSPS) is 15.7. The molecule has 1 amide bonds. The average molecular weight is 389 g/mol. The molecular weight excluding hydrogens is 366 g/mol. The van der Waals surface area contributed by atoms with Gasteiger partial charge >= 0.3 is 0 Å². The second-order valence-corrected chi connectivity index (χ2v) is 6.84. The minimum absolute atomic E-state index is 0.119. The van der Waals surface area contributed by atoms with Crippen LogP contribution in [0.15, 0.2) is 72.9 Å². The Kier molecular flexibility index (Phi) is 6.02. The van der Waals surface area contributed by atoms with Crippen molar-refractivity contribution in [1.29, 1.82) is 0 Å². The number of nitrogens with zero attached hydrogens (tertiary/aromatic N) is 1. The second kappa shape index (κ2) is 9.21. The van der Waals surface area contributed by atoms with E-state index in [-0.39, 0.29) is 12.0 Å². The molecule has 6 heteroatoms. The molecule has 0 saturated carbocycles. The van der Waals surface area contributed by atoms with Gasteiger partial charge in [-0.1, -0.05) is 18.2 Å². The lowest BCUT2D eigenvalue weighted by Crippen LogP contribution is -2.32. The van der Waals surface area contributed by atoms with E-state index in [1.165, 1.54) is 0 Å². The van der Waals surface area contributed by atoms with Crippen molar-refractivity contribution in [2.24, 2.45) is 0 Å². The molecule has 1 aliphatic heterocycles. The molecule has 1 atom stereocenters. The summed E-state index contributed by atoms with van der Waals surface area (Å²) in [6.45, 7) is 1.30. The fraction of sp³-hybridized carbons (Fsp3) is 0.217. The smallest absolute Gasteiger partial charge is 0.269 e. The van der Waals surface area contributed by atoms with E-state index < -0.39 is 0 Å². The number of pyridine rings is 1. The van der Waals surface area contributed by atoms with Crippen LogP contribution in [0.1, 0.15) is 23.3 Å². The molecule has 1 saturated heterocycles. The molecule has 0 spiro atoms. The van der Waals surface area contributed by atoms with Crippen LogP contribution in [0.2, 0.25) is 0 Å². The van der Waals surface area contributed by atoms with Gasteiger partial charge in [0.05, 0.1) is 18.0 Å². The molecule has 2 N–H and O–H groups in total. The fourth-order valence-electron chi connectivity index (χ4n) is 3.10. The third-order valence-corrected chi connectivity index (χ3v) is 4.63. The van der Waals surface area contributed by atoms with Gasteiger partial charge in [0.25, 0.3) is 5.91 Å². The highest BCUT2D eigenvalue weighted by molar-refractivity contribution is 5.92. The topological polar surface area (TPSA) is 72.5 Å². The highest BCUT2D eigenvalue weighted by Crippen LogP contribution is 2.24. The number of para-hydroxylation sites is 1. The summed E-state index contributed by atoms with van der Waals surface area (Å²) >= 11 is 0. The molecule has 1 aromatic heterocycles. The zero-order chi connectivity index (χ0) is 19.9. The Morgan fingerprint density at radius 3 is 2.45 bits per heavy atom. The van der Waals surface area contributed by atoms with Gasteiger partial charge in [-0.25, -0.2) is 4.98 Å². The van der Waals surface area contributed by atoms with Gasteiger partial charge in [0.1, 0.15) is 17.2 Å². The van der Waals surface area contributed by atoms with Gasteiger partial charge in [-0.3, -0.25) is 4.79 Å². The molecule has 148 valence electrons. The summed E-state index contributed by atoms with van der Waals surface area (Å²) in [5, 5.41) is 6.14. The van der Waals surface area contributed by atoms with E-state index in [9.17, 15) is 4.79 Å². The minimum atomic E-state index is -0.186. The van der Waals surface area contributed by atoms with Crippen molar-refractivity contribution in [2.45, 2.75) is 18.9 Å². The van der Waals surface area contributed by atoms with Crippen LogP contribution in [0.4, 0.5) is 11.4 Å². The summed E-state index contributed by atoms with van der Waals surface area (Å²) in [6, 6.07) is 20.9. The number of benzene rings is 2. The first-order valence-corrected chi connectivity index (χ1v) is 9.72. The number of rotatable bonds is 7. The molecule has 1 fully saturated rings. The summed E-state index contributed by atoms with van der Waals surface area (Å²) in [5.41, 5.74) is 2.10. The van der Waals surface area contributed by atoms with Gasteiger partial charge in [-0.2, -0.15) is 0 Å². The predicted octanol–water partition coefficient (Wildman–Crippen LogP) is 4.53. The fourth-order valence-corrected chi connectivity index (χ4v) is 3.10. The number of anilines is 2. The van der Waals surface area contributed by atoms with Crippen LogP contribution in [0.5, 0.6) is 11.5 Å². The molecule has 6 nitrogen and oxygen atoms in total. The molecule has 2 aromatic carbocycles. The molecule has 2 heterocycles. The van der Waals surface area contributed by atoms with Crippen molar-refractivity contribution in [2.75, 3.05) is 18.5 Å². The van der Waals surface area contributed by atoms with E-state index in [1.54, 1.807) is 12.3 Å². The molecule has 0 bridgehead atoms. The van der Waals surface area contributed by atoms with Gasteiger partial charge in [0, 0.05) is 18.8 Å². The SMILES string of the molecule is O=C(NCC1CCCO1)c1ccc(Nc2ccc(Oc3ccccc3)cc2)cn1. The van der Waals surface area contributed by atoms with Crippen molar-refractivity contribution >= 4 is 17.3 Å². The Bertz CT molecular complexity index is 922. The number of hydrogen-bond donors (Lipinski definition) is 2. The van der Waals surface area contributed by atoms with Crippen molar-refractivity contribution in [3.8, 4) is 11.5 Å². The van der Waals surface area contributed by atoms with Crippen molar-refractivity contribution in [3.05, 3.63) is 78.6 Å². The molecule has 4 rings (SSSR count). The lowest BCUT2D eigenvalue weighted by atomic mass is 10.2. The summed E-state index contributed by atoms with van der Waals surface area (Å²) < 4.78 is 11.3. The Balaban J connectivity index is 1.30. The molecule has 3 aromatic rings. The van der Waals surface area contributed by atoms with Gasteiger partial charge in [0.2, 0.25) is 0 Å². The van der Waals surface area contributed by atoms with Gasteiger partial charge in [-0.15, -0.1) is 0 Å². The summed E-state index contributed by atoms with van der Waals surface area (Å²) in [7, 11) is 0. The summed E-state index contributed by atoms with van der Waals surface area (Å²) in [5.74, 6) is 1.37. The number of amides is 1. The monoisotopic (exact) mass is 389 g/mol. The van der Waals surface area contributed by atoms with Crippen LogP contribution in [0.3, 0.4) is 0 Å². The van der Waals surface area contributed by atoms with Gasteiger partial charge < -0.3 is 20.1 Å². The summed E-state index contributed by atoms with van der Waals surface area (Å²) in [4.78, 5) is 16.4. The lowest BCUT2D eigenvalue weighted by molar-refractivity contribution is 0.0854. The Morgan fingerprint density at radius 1 is 1.00 bits per heavy atom. The Labute approximate surface area is 169 Å². The van der Waals surface area contributed by atoms with E-state index >= 15 is 0 Å². The van der Waals surface area contributed by atoms with Crippen LogP contribution >= 0.6 is 0 Å². The number of nitrogens with one attached hydrogen (secondary N) is 2. The molecule has 0 aliphatic carbocycles. The number of ether oxygens (including phenoxy) is 2. The van der Waals surface area contributed by atoms with E-state index in [4.69, 9.17) is 9.47 Å². The maximum absolute atomic E-state index is 12.2. The number of carbonyl (C=O) groups excluding carboxylic acids is 1. The quantitative estimate of drug-likeness (QED) is 0.621. The number of aromatic nitrogens is 1. The van der Waals surface area contributed by atoms with Gasteiger partial charge in [0.15, 0.2) is 0 Å². The first-order valence-electron chi connectivity index (χ1n) is 9.72. The largest absolute Gasteiger partial charge is 0.457 e. The third kappa shape index (κ3) is 5.33. The Hall–Kier alpha value is -3.38. The van der Waals surface area contributed by atoms with Crippen LogP contribution in [0, 0.1) is 0 Å². The third-order valence-electron chi connectivity index (χ3n) is 4.63. The van der Waals surface area contributed by atoms with Gasteiger partial charge in [-0.05, 0) is 61.4 Å². The van der Waals surface area contributed by atoms with Crippen LogP contribution < -0.4 is 15.4 Å². The number of hydrogen-bond acceptors (Lipinski definition) is 5. The maximum atomic E-state index is 12.2. The maximum Gasteiger partial charge on any atom is 0.269 e. The highest BCUT2D eigenvalue weighted by atomic mass is 16.5. The Morgan fingerprint density at radius 2 is 1.76 bits per heavy atom. The molecular formula is C23H23N3O3. The highest BCUT2D eigenvalue weighted by Gasteiger charge is 2.17. The van der Waals surface area contributed by atoms with E-state index in [0.717, 1.165) is 42.3 Å². The first kappa shape index (κ1) is 19.0. The standard InChI is InChI=1S/C23H23N3O3/c27-23(25-16-21-7-4-14-28-21)22-13-10-18(15-24-22)26-17-8-11-20(12-9-17)29-19-5-2-1-3-6-19/h1-3,5-6,8-13,15,21,26H,4,7,14,16H2,(H,25,27).